The summed E-state index contributed by atoms with van der Waals surface area (Å²) in [5.41, 5.74) is 1.67. The molecule has 0 N–H and O–H groups in total. The Morgan fingerprint density at radius 1 is 1.07 bits per heavy atom. The van der Waals surface area contributed by atoms with Gasteiger partial charge in [0.1, 0.15) is 5.52 Å². The lowest BCUT2D eigenvalue weighted by Crippen LogP contribution is -1.72. The van der Waals surface area contributed by atoms with E-state index in [-0.39, 0.29) is 0 Å². The van der Waals surface area contributed by atoms with Gasteiger partial charge in [-0.25, -0.2) is 4.98 Å². The van der Waals surface area contributed by atoms with Crippen LogP contribution in [0.4, 0.5) is 0 Å². The Labute approximate surface area is 86.0 Å². The van der Waals surface area contributed by atoms with E-state index in [1.165, 1.54) is 0 Å². The van der Waals surface area contributed by atoms with E-state index < -0.39 is 0 Å². The average Bonchev–Trinajstić information content (AvgIpc) is 2.59. The van der Waals surface area contributed by atoms with Crippen LogP contribution in [0.15, 0.2) is 46.0 Å². The van der Waals surface area contributed by atoms with E-state index in [2.05, 4.69) is 23.7 Å². The Morgan fingerprint density at radius 3 is 2.86 bits per heavy atom. The molecule has 68 valence electrons. The molecule has 0 aliphatic carbocycles. The molecule has 0 fully saturated rings. The highest BCUT2D eigenvalue weighted by molar-refractivity contribution is 7.80. The van der Waals surface area contributed by atoms with Crippen molar-refractivity contribution in [3.8, 4) is 0 Å². The standard InChI is InChI=1S/C11H7NOS/c14-11-12-9-6-5-7-3-1-2-4-8(7)10(9)13-11/h1-6H,(H,12,14). The predicted molar refractivity (Wildman–Crippen MR) is 58.8 cm³/mol. The summed E-state index contributed by atoms with van der Waals surface area (Å²) in [6.07, 6.45) is 0. The maximum absolute atomic E-state index is 5.43. The van der Waals surface area contributed by atoms with Crippen LogP contribution in [-0.4, -0.2) is 4.98 Å². The van der Waals surface area contributed by atoms with Crippen LogP contribution < -0.4 is 0 Å². The van der Waals surface area contributed by atoms with E-state index in [0.717, 1.165) is 21.9 Å². The van der Waals surface area contributed by atoms with Gasteiger partial charge in [0.2, 0.25) is 0 Å². The number of hydrogen-bond acceptors (Lipinski definition) is 3. The first-order valence-electron chi connectivity index (χ1n) is 4.32. The quantitative estimate of drug-likeness (QED) is 0.565. The maximum Gasteiger partial charge on any atom is 0.253 e. The molecular weight excluding hydrogens is 194 g/mol. The van der Waals surface area contributed by atoms with Crippen LogP contribution in [0, 0.1) is 0 Å². The van der Waals surface area contributed by atoms with E-state index >= 15 is 0 Å². The van der Waals surface area contributed by atoms with E-state index in [1.807, 2.05) is 30.3 Å². The van der Waals surface area contributed by atoms with Gasteiger partial charge >= 0.3 is 0 Å². The minimum Gasteiger partial charge on any atom is -0.431 e. The van der Waals surface area contributed by atoms with Gasteiger partial charge in [0.25, 0.3) is 5.22 Å². The van der Waals surface area contributed by atoms with Crippen molar-refractivity contribution in [3.63, 3.8) is 0 Å². The molecule has 1 heterocycles. The van der Waals surface area contributed by atoms with Crippen LogP contribution in [0.1, 0.15) is 0 Å². The van der Waals surface area contributed by atoms with Gasteiger partial charge < -0.3 is 4.42 Å². The van der Waals surface area contributed by atoms with Gasteiger partial charge in [-0.1, -0.05) is 43.0 Å². The summed E-state index contributed by atoms with van der Waals surface area (Å²) in [6, 6.07) is 12.1. The third kappa shape index (κ3) is 1.02. The molecule has 0 bridgehead atoms. The SMILES string of the molecule is Sc1nc2ccc3ccccc3c2o1. The first-order valence-corrected chi connectivity index (χ1v) is 4.76. The second-order valence-corrected chi connectivity index (χ2v) is 3.51. The summed E-state index contributed by atoms with van der Waals surface area (Å²) >= 11 is 4.09. The molecule has 0 saturated carbocycles. The topological polar surface area (TPSA) is 26.0 Å². The van der Waals surface area contributed by atoms with Crippen LogP contribution in [0.25, 0.3) is 21.9 Å². The zero-order valence-corrected chi connectivity index (χ0v) is 8.16. The Bertz CT molecular complexity index is 615. The zero-order valence-electron chi connectivity index (χ0n) is 7.27. The highest BCUT2D eigenvalue weighted by Gasteiger charge is 2.05. The lowest BCUT2D eigenvalue weighted by atomic mass is 10.1. The molecule has 2 aromatic carbocycles. The fourth-order valence-corrected chi connectivity index (χ4v) is 1.84. The van der Waals surface area contributed by atoms with Crippen LogP contribution in [0.3, 0.4) is 0 Å². The largest absolute Gasteiger partial charge is 0.431 e. The summed E-state index contributed by atoms with van der Waals surface area (Å²) in [6.45, 7) is 0. The van der Waals surface area contributed by atoms with Crippen LogP contribution >= 0.6 is 12.6 Å². The van der Waals surface area contributed by atoms with Crippen molar-refractivity contribution in [1.29, 1.82) is 0 Å². The van der Waals surface area contributed by atoms with Crippen molar-refractivity contribution in [2.24, 2.45) is 0 Å². The molecule has 0 spiro atoms. The molecule has 0 radical (unpaired) electrons. The van der Waals surface area contributed by atoms with Gasteiger partial charge in [0.15, 0.2) is 5.58 Å². The number of aromatic nitrogens is 1. The van der Waals surface area contributed by atoms with Gasteiger partial charge in [-0.2, -0.15) is 0 Å². The second kappa shape index (κ2) is 2.75. The minimum atomic E-state index is 0.413. The summed E-state index contributed by atoms with van der Waals surface area (Å²) in [5.74, 6) is 0. The highest BCUT2D eigenvalue weighted by atomic mass is 32.1. The molecule has 0 aliphatic heterocycles. The van der Waals surface area contributed by atoms with E-state index in [1.54, 1.807) is 0 Å². The Morgan fingerprint density at radius 2 is 1.93 bits per heavy atom. The average molecular weight is 201 g/mol. The second-order valence-electron chi connectivity index (χ2n) is 3.13. The molecule has 0 atom stereocenters. The molecule has 0 saturated heterocycles. The van der Waals surface area contributed by atoms with Crippen molar-refractivity contribution in [2.75, 3.05) is 0 Å². The third-order valence-electron chi connectivity index (χ3n) is 2.27. The molecular formula is C11H7NOS. The minimum absolute atomic E-state index is 0.413. The molecule has 0 unspecified atom stereocenters. The molecule has 1 aromatic heterocycles. The maximum atomic E-state index is 5.43. The normalized spacial score (nSPS) is 11.2. The first kappa shape index (κ1) is 7.88. The van der Waals surface area contributed by atoms with Gasteiger partial charge in [-0.3, -0.25) is 0 Å². The molecule has 0 aliphatic rings. The van der Waals surface area contributed by atoms with Gasteiger partial charge in [-0.05, 0) is 11.5 Å². The van der Waals surface area contributed by atoms with Crippen molar-refractivity contribution < 1.29 is 4.42 Å². The number of rotatable bonds is 0. The molecule has 3 rings (SSSR count). The van der Waals surface area contributed by atoms with E-state index in [0.29, 0.717) is 5.22 Å². The first-order chi connectivity index (χ1) is 6.84. The number of fused-ring (bicyclic) bond motifs is 3. The van der Waals surface area contributed by atoms with Gasteiger partial charge in [0, 0.05) is 5.39 Å². The number of thiol groups is 1. The van der Waals surface area contributed by atoms with E-state index in [4.69, 9.17) is 4.42 Å². The fourth-order valence-electron chi connectivity index (χ4n) is 1.64. The monoisotopic (exact) mass is 201 g/mol. The van der Waals surface area contributed by atoms with Crippen LogP contribution in [-0.2, 0) is 0 Å². The third-order valence-corrected chi connectivity index (χ3v) is 2.46. The van der Waals surface area contributed by atoms with Crippen molar-refractivity contribution in [3.05, 3.63) is 36.4 Å². The number of nitrogens with zero attached hydrogens (tertiary/aromatic N) is 1. The lowest BCUT2D eigenvalue weighted by molar-refractivity contribution is 0.494. The van der Waals surface area contributed by atoms with E-state index in [9.17, 15) is 0 Å². The summed E-state index contributed by atoms with van der Waals surface area (Å²) in [4.78, 5) is 4.16. The Balaban J connectivity index is 2.60. The van der Waals surface area contributed by atoms with Crippen molar-refractivity contribution in [2.45, 2.75) is 5.22 Å². The smallest absolute Gasteiger partial charge is 0.253 e. The van der Waals surface area contributed by atoms with Gasteiger partial charge in [0.05, 0.1) is 0 Å². The van der Waals surface area contributed by atoms with Crippen molar-refractivity contribution in [1.82, 2.24) is 4.98 Å². The molecule has 3 aromatic rings. The molecule has 0 amide bonds. The summed E-state index contributed by atoms with van der Waals surface area (Å²) < 4.78 is 5.43. The number of oxazole rings is 1. The molecule has 2 nitrogen and oxygen atoms in total. The van der Waals surface area contributed by atoms with Crippen molar-refractivity contribution >= 4 is 34.5 Å². The Kier molecular flexibility index (Phi) is 1.55. The van der Waals surface area contributed by atoms with Gasteiger partial charge in [-0.15, -0.1) is 0 Å². The molecule has 3 heteroatoms. The molecule has 14 heavy (non-hydrogen) atoms. The Hall–Kier alpha value is -1.48. The summed E-state index contributed by atoms with van der Waals surface area (Å²) in [7, 11) is 0. The zero-order chi connectivity index (χ0) is 9.54. The van der Waals surface area contributed by atoms with Crippen LogP contribution in [0.5, 0.6) is 0 Å². The highest BCUT2D eigenvalue weighted by Crippen LogP contribution is 2.26. The number of benzene rings is 2. The predicted octanol–water partition coefficient (Wildman–Crippen LogP) is 3.27. The lowest BCUT2D eigenvalue weighted by Gasteiger charge is -1.95. The fraction of sp³-hybridized carbons (Fsp3) is 0. The number of hydrogen-bond donors (Lipinski definition) is 1. The summed E-state index contributed by atoms with van der Waals surface area (Å²) in [5, 5.41) is 2.65. The van der Waals surface area contributed by atoms with Crippen LogP contribution in [0.2, 0.25) is 0 Å².